The number of anilines is 1. The lowest BCUT2D eigenvalue weighted by atomic mass is 9.98. The zero-order valence-corrected chi connectivity index (χ0v) is 12.2. The summed E-state index contributed by atoms with van der Waals surface area (Å²) >= 11 is 2.31. The van der Waals surface area contributed by atoms with Crippen LogP contribution in [0.4, 0.5) is 5.82 Å². The fourth-order valence-electron chi connectivity index (χ4n) is 2.08. The van der Waals surface area contributed by atoms with Gasteiger partial charge in [-0.3, -0.25) is 10.9 Å². The molecule has 0 radical (unpaired) electrons. The second-order valence-corrected chi connectivity index (χ2v) is 5.64. The van der Waals surface area contributed by atoms with Gasteiger partial charge in [0.15, 0.2) is 0 Å². The average molecular weight is 346 g/mol. The molecule has 1 fully saturated rings. The molecule has 17 heavy (non-hydrogen) atoms. The van der Waals surface area contributed by atoms with Crippen molar-refractivity contribution in [2.24, 2.45) is 5.92 Å². The molecule has 5 heteroatoms. The molecule has 0 aliphatic carbocycles. The van der Waals surface area contributed by atoms with Crippen molar-refractivity contribution in [1.29, 1.82) is 0 Å². The van der Waals surface area contributed by atoms with E-state index in [1.807, 2.05) is 12.3 Å². The standard InChI is InChI=1S/C12H19IN4/c1-9-10(8-16-17-9)4-2-6-14-12-11(13)5-3-7-15-12/h3,5,7,9-10,16-17H,2,4,6,8H2,1H3,(H,14,15). The maximum atomic E-state index is 4.32. The molecule has 1 aliphatic heterocycles. The normalized spacial score (nSPS) is 23.9. The lowest BCUT2D eigenvalue weighted by molar-refractivity contribution is 0.452. The minimum absolute atomic E-state index is 0.588. The van der Waals surface area contributed by atoms with Gasteiger partial charge in [0.1, 0.15) is 5.82 Å². The third kappa shape index (κ3) is 3.79. The lowest BCUT2D eigenvalue weighted by Gasteiger charge is -2.13. The molecular weight excluding hydrogens is 327 g/mol. The Morgan fingerprint density at radius 3 is 3.18 bits per heavy atom. The molecule has 2 atom stereocenters. The topological polar surface area (TPSA) is 49.0 Å². The van der Waals surface area contributed by atoms with Crippen molar-refractivity contribution in [2.45, 2.75) is 25.8 Å². The zero-order valence-electron chi connectivity index (χ0n) is 10.0. The molecule has 0 bridgehead atoms. The maximum Gasteiger partial charge on any atom is 0.139 e. The molecule has 2 unspecified atom stereocenters. The van der Waals surface area contributed by atoms with Crippen molar-refractivity contribution in [3.05, 3.63) is 21.9 Å². The van der Waals surface area contributed by atoms with Gasteiger partial charge in [-0.25, -0.2) is 4.98 Å². The molecule has 4 nitrogen and oxygen atoms in total. The lowest BCUT2D eigenvalue weighted by Crippen LogP contribution is -2.28. The highest BCUT2D eigenvalue weighted by Gasteiger charge is 2.21. The van der Waals surface area contributed by atoms with E-state index in [2.05, 4.69) is 56.7 Å². The van der Waals surface area contributed by atoms with Crippen LogP contribution in [0.5, 0.6) is 0 Å². The Labute approximate surface area is 116 Å². The summed E-state index contributed by atoms with van der Waals surface area (Å²) in [7, 11) is 0. The molecule has 0 aromatic carbocycles. The summed E-state index contributed by atoms with van der Waals surface area (Å²) < 4.78 is 1.18. The predicted molar refractivity (Wildman–Crippen MR) is 78.8 cm³/mol. The van der Waals surface area contributed by atoms with Crippen LogP contribution < -0.4 is 16.2 Å². The van der Waals surface area contributed by atoms with Crippen LogP contribution in [-0.2, 0) is 0 Å². The number of hydrazine groups is 1. The van der Waals surface area contributed by atoms with E-state index in [0.29, 0.717) is 6.04 Å². The summed E-state index contributed by atoms with van der Waals surface area (Å²) in [5.74, 6) is 1.75. The largest absolute Gasteiger partial charge is 0.369 e. The van der Waals surface area contributed by atoms with Gasteiger partial charge < -0.3 is 5.32 Å². The second kappa shape index (κ2) is 6.51. The molecule has 1 saturated heterocycles. The van der Waals surface area contributed by atoms with Crippen molar-refractivity contribution >= 4 is 28.4 Å². The van der Waals surface area contributed by atoms with Gasteiger partial charge in [0.05, 0.1) is 3.57 Å². The SMILES string of the molecule is CC1NNCC1CCCNc1ncccc1I. The van der Waals surface area contributed by atoms with Crippen LogP contribution >= 0.6 is 22.6 Å². The van der Waals surface area contributed by atoms with Crippen LogP contribution in [0, 0.1) is 9.49 Å². The quantitative estimate of drug-likeness (QED) is 0.564. The van der Waals surface area contributed by atoms with Gasteiger partial charge in [-0.2, -0.15) is 0 Å². The molecule has 2 rings (SSSR count). The van der Waals surface area contributed by atoms with Crippen LogP contribution in [0.1, 0.15) is 19.8 Å². The van der Waals surface area contributed by atoms with E-state index < -0.39 is 0 Å². The van der Waals surface area contributed by atoms with Crippen molar-refractivity contribution in [2.75, 3.05) is 18.4 Å². The third-order valence-electron chi connectivity index (χ3n) is 3.20. The number of pyridine rings is 1. The van der Waals surface area contributed by atoms with E-state index in [9.17, 15) is 0 Å². The molecule has 94 valence electrons. The zero-order chi connectivity index (χ0) is 12.1. The molecule has 0 spiro atoms. The highest BCUT2D eigenvalue weighted by Crippen LogP contribution is 2.16. The minimum Gasteiger partial charge on any atom is -0.369 e. The predicted octanol–water partition coefficient (Wildman–Crippen LogP) is 1.99. The number of halogens is 1. The van der Waals surface area contributed by atoms with Crippen LogP contribution in [0.2, 0.25) is 0 Å². The van der Waals surface area contributed by atoms with Crippen LogP contribution in [0.3, 0.4) is 0 Å². The average Bonchev–Trinajstić information content (AvgIpc) is 2.73. The number of hydrogen-bond acceptors (Lipinski definition) is 4. The fraction of sp³-hybridized carbons (Fsp3) is 0.583. The summed E-state index contributed by atoms with van der Waals surface area (Å²) in [6, 6.07) is 4.62. The second-order valence-electron chi connectivity index (χ2n) is 4.48. The van der Waals surface area contributed by atoms with Crippen molar-refractivity contribution in [3.63, 3.8) is 0 Å². The molecule has 0 saturated carbocycles. The van der Waals surface area contributed by atoms with Gasteiger partial charge in [0.25, 0.3) is 0 Å². The Hall–Kier alpha value is -0.400. The first kappa shape index (κ1) is 13.0. The first-order valence-corrected chi connectivity index (χ1v) is 7.18. The molecule has 1 aromatic rings. The Balaban J connectivity index is 1.68. The summed E-state index contributed by atoms with van der Waals surface area (Å²) in [4.78, 5) is 4.32. The van der Waals surface area contributed by atoms with Gasteiger partial charge in [-0.05, 0) is 60.4 Å². The smallest absolute Gasteiger partial charge is 0.139 e. The number of hydrogen-bond donors (Lipinski definition) is 3. The van der Waals surface area contributed by atoms with E-state index >= 15 is 0 Å². The van der Waals surface area contributed by atoms with Crippen molar-refractivity contribution < 1.29 is 0 Å². The highest BCUT2D eigenvalue weighted by atomic mass is 127. The number of aromatic nitrogens is 1. The monoisotopic (exact) mass is 346 g/mol. The molecular formula is C12H19IN4. The summed E-state index contributed by atoms with van der Waals surface area (Å²) in [6.07, 6.45) is 4.26. The number of nitrogens with zero attached hydrogens (tertiary/aromatic N) is 1. The van der Waals surface area contributed by atoms with Crippen LogP contribution in [0.25, 0.3) is 0 Å². The van der Waals surface area contributed by atoms with Gasteiger partial charge in [-0.15, -0.1) is 0 Å². The Kier molecular flexibility index (Phi) is 4.99. The Bertz CT molecular complexity index is 358. The number of rotatable bonds is 5. The fourth-order valence-corrected chi connectivity index (χ4v) is 2.62. The molecule has 1 aromatic heterocycles. The van der Waals surface area contributed by atoms with Gasteiger partial charge in [-0.1, -0.05) is 0 Å². The first-order valence-electron chi connectivity index (χ1n) is 6.10. The number of nitrogens with one attached hydrogen (secondary N) is 3. The van der Waals surface area contributed by atoms with Crippen LogP contribution in [0.15, 0.2) is 18.3 Å². The third-order valence-corrected chi connectivity index (χ3v) is 4.07. The van der Waals surface area contributed by atoms with E-state index in [0.717, 1.165) is 24.8 Å². The van der Waals surface area contributed by atoms with Crippen molar-refractivity contribution in [1.82, 2.24) is 15.8 Å². The Morgan fingerprint density at radius 1 is 1.59 bits per heavy atom. The van der Waals surface area contributed by atoms with Gasteiger partial charge in [0, 0.05) is 25.3 Å². The van der Waals surface area contributed by atoms with E-state index in [-0.39, 0.29) is 0 Å². The molecule has 0 amide bonds. The van der Waals surface area contributed by atoms with E-state index in [1.165, 1.54) is 16.4 Å². The molecule has 1 aliphatic rings. The molecule has 2 heterocycles. The maximum absolute atomic E-state index is 4.32. The first-order chi connectivity index (χ1) is 8.27. The summed E-state index contributed by atoms with van der Waals surface area (Å²) in [6.45, 7) is 4.32. The minimum atomic E-state index is 0.588. The van der Waals surface area contributed by atoms with Crippen LogP contribution in [-0.4, -0.2) is 24.1 Å². The Morgan fingerprint density at radius 2 is 2.47 bits per heavy atom. The van der Waals surface area contributed by atoms with Crippen molar-refractivity contribution in [3.8, 4) is 0 Å². The summed E-state index contributed by atoms with van der Waals surface area (Å²) in [5, 5.41) is 3.39. The molecule has 3 N–H and O–H groups in total. The van der Waals surface area contributed by atoms with Gasteiger partial charge >= 0.3 is 0 Å². The van der Waals surface area contributed by atoms with Gasteiger partial charge in [0.2, 0.25) is 0 Å². The van der Waals surface area contributed by atoms with E-state index in [4.69, 9.17) is 0 Å². The van der Waals surface area contributed by atoms with E-state index in [1.54, 1.807) is 0 Å². The summed E-state index contributed by atoms with van der Waals surface area (Å²) in [5.41, 5.74) is 6.46. The highest BCUT2D eigenvalue weighted by molar-refractivity contribution is 14.1.